The molecule has 1 atom stereocenters. The molecule has 1 rings (SSSR count). The van der Waals surface area contributed by atoms with Crippen molar-refractivity contribution in [3.05, 3.63) is 12.2 Å². The van der Waals surface area contributed by atoms with Crippen LogP contribution >= 0.6 is 0 Å². The molecule has 0 nitrogen and oxygen atoms in total. The summed E-state index contributed by atoms with van der Waals surface area (Å²) in [6.45, 7) is 11.1. The molecule has 1 saturated carbocycles. The fraction of sp³-hybridized carbons (Fsp3) is 0.800. The highest BCUT2D eigenvalue weighted by molar-refractivity contribution is 5.10. The summed E-state index contributed by atoms with van der Waals surface area (Å²) in [4.78, 5) is 0. The normalized spacial score (nSPS) is 32.3. The van der Waals surface area contributed by atoms with E-state index >= 15 is 0 Å². The maximum atomic E-state index is 4.10. The molecule has 0 radical (unpaired) electrons. The third-order valence-electron chi connectivity index (χ3n) is 2.75. The van der Waals surface area contributed by atoms with Crippen molar-refractivity contribution in [2.75, 3.05) is 0 Å². The van der Waals surface area contributed by atoms with Crippen LogP contribution in [-0.4, -0.2) is 0 Å². The van der Waals surface area contributed by atoms with Gasteiger partial charge in [0.05, 0.1) is 0 Å². The van der Waals surface area contributed by atoms with Crippen molar-refractivity contribution < 1.29 is 0 Å². The Morgan fingerprint density at radius 3 is 2.50 bits per heavy atom. The molecule has 0 aromatic rings. The molecular formula is C10H18. The number of hydrogen-bond donors (Lipinski definition) is 0. The first-order chi connectivity index (χ1) is 4.52. The lowest BCUT2D eigenvalue weighted by molar-refractivity contribution is 0.267. The molecule has 0 heteroatoms. The standard InChI is InChI=1S/C10H18/c1-8-5-6-9(2)10(3,4)7-8/h8H,2,5-7H2,1,3-4H3. The fourth-order valence-corrected chi connectivity index (χ4v) is 1.88. The molecule has 58 valence electrons. The molecule has 10 heavy (non-hydrogen) atoms. The lowest BCUT2D eigenvalue weighted by Gasteiger charge is -2.35. The Kier molecular flexibility index (Phi) is 1.89. The van der Waals surface area contributed by atoms with Gasteiger partial charge in [0.15, 0.2) is 0 Å². The van der Waals surface area contributed by atoms with Crippen LogP contribution in [0.2, 0.25) is 0 Å². The molecule has 1 unspecified atom stereocenters. The molecule has 1 fully saturated rings. The number of allylic oxidation sites excluding steroid dienone is 1. The van der Waals surface area contributed by atoms with Crippen LogP contribution in [0.25, 0.3) is 0 Å². The smallest absolute Gasteiger partial charge is 0.0145 e. The van der Waals surface area contributed by atoms with Crippen molar-refractivity contribution in [1.82, 2.24) is 0 Å². The minimum Gasteiger partial charge on any atom is -0.0993 e. The second kappa shape index (κ2) is 2.41. The van der Waals surface area contributed by atoms with Gasteiger partial charge in [-0.3, -0.25) is 0 Å². The van der Waals surface area contributed by atoms with E-state index in [0.717, 1.165) is 5.92 Å². The summed E-state index contributed by atoms with van der Waals surface area (Å²) in [7, 11) is 0. The van der Waals surface area contributed by atoms with Gasteiger partial charge in [0.25, 0.3) is 0 Å². The van der Waals surface area contributed by atoms with Crippen LogP contribution in [0.3, 0.4) is 0 Å². The summed E-state index contributed by atoms with van der Waals surface area (Å²) >= 11 is 0. The molecule has 0 aliphatic heterocycles. The Hall–Kier alpha value is -0.260. The van der Waals surface area contributed by atoms with E-state index in [9.17, 15) is 0 Å². The van der Waals surface area contributed by atoms with Crippen molar-refractivity contribution >= 4 is 0 Å². The van der Waals surface area contributed by atoms with Crippen LogP contribution in [-0.2, 0) is 0 Å². The second-order valence-corrected chi connectivity index (χ2v) is 4.34. The highest BCUT2D eigenvalue weighted by Gasteiger charge is 2.28. The Balaban J connectivity index is 2.63. The largest absolute Gasteiger partial charge is 0.0993 e. The minimum absolute atomic E-state index is 0.414. The topological polar surface area (TPSA) is 0 Å². The van der Waals surface area contributed by atoms with E-state index in [1.54, 1.807) is 0 Å². The zero-order valence-corrected chi connectivity index (χ0v) is 7.41. The van der Waals surface area contributed by atoms with Gasteiger partial charge in [-0.1, -0.05) is 32.9 Å². The van der Waals surface area contributed by atoms with Gasteiger partial charge in [0, 0.05) is 0 Å². The highest BCUT2D eigenvalue weighted by Crippen LogP contribution is 2.41. The van der Waals surface area contributed by atoms with Gasteiger partial charge in [0.2, 0.25) is 0 Å². The lowest BCUT2D eigenvalue weighted by Crippen LogP contribution is -2.23. The first kappa shape index (κ1) is 7.84. The fourth-order valence-electron chi connectivity index (χ4n) is 1.88. The first-order valence-corrected chi connectivity index (χ1v) is 4.20. The quantitative estimate of drug-likeness (QED) is 0.450. The van der Waals surface area contributed by atoms with E-state index in [0.29, 0.717) is 5.41 Å². The first-order valence-electron chi connectivity index (χ1n) is 4.20. The van der Waals surface area contributed by atoms with Crippen LogP contribution in [0.4, 0.5) is 0 Å². The van der Waals surface area contributed by atoms with E-state index in [-0.39, 0.29) is 0 Å². The monoisotopic (exact) mass is 138 g/mol. The third kappa shape index (κ3) is 1.42. The molecule has 0 heterocycles. The van der Waals surface area contributed by atoms with Crippen molar-refractivity contribution in [3.8, 4) is 0 Å². The minimum atomic E-state index is 0.414. The van der Waals surface area contributed by atoms with Gasteiger partial charge in [-0.25, -0.2) is 0 Å². The average Bonchev–Trinajstić information content (AvgIpc) is 1.78. The molecule has 0 aromatic carbocycles. The van der Waals surface area contributed by atoms with E-state index < -0.39 is 0 Å². The zero-order chi connectivity index (χ0) is 7.78. The summed E-state index contributed by atoms with van der Waals surface area (Å²) in [5.74, 6) is 0.903. The van der Waals surface area contributed by atoms with Crippen LogP contribution in [0.1, 0.15) is 40.0 Å². The summed E-state index contributed by atoms with van der Waals surface area (Å²) in [5.41, 5.74) is 1.86. The molecule has 0 N–H and O–H groups in total. The molecular weight excluding hydrogens is 120 g/mol. The predicted molar refractivity (Wildman–Crippen MR) is 45.9 cm³/mol. The van der Waals surface area contributed by atoms with Gasteiger partial charge in [-0.15, -0.1) is 0 Å². The SMILES string of the molecule is C=C1CCC(C)CC1(C)C. The van der Waals surface area contributed by atoms with E-state index in [1.807, 2.05) is 0 Å². The number of hydrogen-bond acceptors (Lipinski definition) is 0. The molecule has 0 bridgehead atoms. The number of rotatable bonds is 0. The Morgan fingerprint density at radius 1 is 1.50 bits per heavy atom. The van der Waals surface area contributed by atoms with Gasteiger partial charge in [0.1, 0.15) is 0 Å². The van der Waals surface area contributed by atoms with Crippen LogP contribution in [0.15, 0.2) is 12.2 Å². The maximum Gasteiger partial charge on any atom is -0.0145 e. The molecule has 0 aromatic heterocycles. The molecule has 0 saturated heterocycles. The zero-order valence-electron chi connectivity index (χ0n) is 7.41. The summed E-state index contributed by atoms with van der Waals surface area (Å²) in [5, 5.41) is 0. The maximum absolute atomic E-state index is 4.10. The Bertz CT molecular complexity index is 142. The average molecular weight is 138 g/mol. The Labute approximate surface area is 64.3 Å². The van der Waals surface area contributed by atoms with Crippen LogP contribution < -0.4 is 0 Å². The van der Waals surface area contributed by atoms with Crippen molar-refractivity contribution in [2.45, 2.75) is 40.0 Å². The summed E-state index contributed by atoms with van der Waals surface area (Å²) in [6, 6.07) is 0. The summed E-state index contributed by atoms with van der Waals surface area (Å²) < 4.78 is 0. The molecule has 1 aliphatic carbocycles. The van der Waals surface area contributed by atoms with E-state index in [1.165, 1.54) is 24.8 Å². The summed E-state index contributed by atoms with van der Waals surface area (Å²) in [6.07, 6.45) is 3.92. The predicted octanol–water partition coefficient (Wildman–Crippen LogP) is 3.39. The van der Waals surface area contributed by atoms with Crippen LogP contribution in [0.5, 0.6) is 0 Å². The van der Waals surface area contributed by atoms with Gasteiger partial charge in [-0.2, -0.15) is 0 Å². The van der Waals surface area contributed by atoms with Gasteiger partial charge < -0.3 is 0 Å². The molecule has 1 aliphatic rings. The van der Waals surface area contributed by atoms with Crippen molar-refractivity contribution in [3.63, 3.8) is 0 Å². The van der Waals surface area contributed by atoms with Crippen molar-refractivity contribution in [2.24, 2.45) is 11.3 Å². The van der Waals surface area contributed by atoms with E-state index in [2.05, 4.69) is 27.4 Å². The van der Waals surface area contributed by atoms with Gasteiger partial charge in [-0.05, 0) is 30.6 Å². The Morgan fingerprint density at radius 2 is 2.10 bits per heavy atom. The highest BCUT2D eigenvalue weighted by atomic mass is 14.3. The molecule has 0 amide bonds. The lowest BCUT2D eigenvalue weighted by atomic mass is 9.70. The third-order valence-corrected chi connectivity index (χ3v) is 2.75. The molecule has 0 spiro atoms. The van der Waals surface area contributed by atoms with Crippen LogP contribution in [0, 0.1) is 11.3 Å². The van der Waals surface area contributed by atoms with Gasteiger partial charge >= 0.3 is 0 Å². The second-order valence-electron chi connectivity index (χ2n) is 4.34. The van der Waals surface area contributed by atoms with Crippen molar-refractivity contribution in [1.29, 1.82) is 0 Å². The van der Waals surface area contributed by atoms with E-state index in [4.69, 9.17) is 0 Å².